The molecule has 0 spiro atoms. The second kappa shape index (κ2) is 9.24. The van der Waals surface area contributed by atoms with Crippen LogP contribution in [0, 0.1) is 11.3 Å². The van der Waals surface area contributed by atoms with Gasteiger partial charge in [-0.1, -0.05) is 18.2 Å². The van der Waals surface area contributed by atoms with Gasteiger partial charge in [-0.25, -0.2) is 19.1 Å². The Labute approximate surface area is 212 Å². The lowest BCUT2D eigenvalue weighted by Gasteiger charge is -2.16. The lowest BCUT2D eigenvalue weighted by atomic mass is 9.86. The Bertz CT molecular complexity index is 1730. The van der Waals surface area contributed by atoms with Crippen molar-refractivity contribution in [1.29, 1.82) is 5.26 Å². The molecular weight excluding hydrogens is 468 g/mol. The Kier molecular flexibility index (Phi) is 5.93. The summed E-state index contributed by atoms with van der Waals surface area (Å²) in [6.07, 6.45) is 3.22. The zero-order chi connectivity index (χ0) is 26.2. The number of anilines is 1. The molecule has 184 valence electrons. The minimum Gasteiger partial charge on any atom is -0.406 e. The van der Waals surface area contributed by atoms with E-state index >= 15 is 0 Å². The van der Waals surface area contributed by atoms with E-state index < -0.39 is 11.2 Å². The maximum absolute atomic E-state index is 12.9. The summed E-state index contributed by atoms with van der Waals surface area (Å²) < 4.78 is 7.05. The van der Waals surface area contributed by atoms with Crippen molar-refractivity contribution in [3.63, 3.8) is 0 Å². The van der Waals surface area contributed by atoms with Crippen molar-refractivity contribution in [3.8, 4) is 22.9 Å². The lowest BCUT2D eigenvalue weighted by Crippen LogP contribution is -2.28. The van der Waals surface area contributed by atoms with Crippen LogP contribution >= 0.6 is 0 Å². The van der Waals surface area contributed by atoms with E-state index in [4.69, 9.17) is 4.42 Å². The third-order valence-corrected chi connectivity index (χ3v) is 6.21. The maximum Gasteiger partial charge on any atom is 0.424 e. The molecule has 3 heterocycles. The van der Waals surface area contributed by atoms with Gasteiger partial charge in [-0.3, -0.25) is 10.3 Å². The van der Waals surface area contributed by atoms with Gasteiger partial charge in [0.2, 0.25) is 0 Å². The highest BCUT2D eigenvalue weighted by Gasteiger charge is 2.21. The molecule has 2 aromatic carbocycles. The van der Waals surface area contributed by atoms with Gasteiger partial charge in [0.05, 0.1) is 28.9 Å². The van der Waals surface area contributed by atoms with Crippen LogP contribution in [0.15, 0.2) is 76.2 Å². The molecule has 2 N–H and O–H groups in total. The molecule has 0 bridgehead atoms. The fourth-order valence-electron chi connectivity index (χ4n) is 4.16. The summed E-state index contributed by atoms with van der Waals surface area (Å²) in [5.74, 6) is -0.0873. The summed E-state index contributed by atoms with van der Waals surface area (Å²) in [4.78, 5) is 33.5. The number of carbonyl (C=O) groups is 1. The van der Waals surface area contributed by atoms with Gasteiger partial charge in [-0.2, -0.15) is 5.26 Å². The van der Waals surface area contributed by atoms with E-state index in [1.54, 1.807) is 18.5 Å². The number of fused-ring (bicyclic) bond motifs is 3. The number of hydrogen-bond acceptors (Lipinski definition) is 6. The quantitative estimate of drug-likeness (QED) is 0.350. The van der Waals surface area contributed by atoms with Crippen molar-refractivity contribution in [1.82, 2.24) is 19.9 Å². The minimum atomic E-state index is -0.646. The molecule has 37 heavy (non-hydrogen) atoms. The van der Waals surface area contributed by atoms with E-state index in [2.05, 4.69) is 26.7 Å². The first-order valence-corrected chi connectivity index (χ1v) is 11.8. The van der Waals surface area contributed by atoms with Gasteiger partial charge in [-0.15, -0.1) is 0 Å². The number of nitrogens with zero attached hydrogens (tertiary/aromatic N) is 4. The molecule has 0 saturated heterocycles. The average molecular weight is 493 g/mol. The highest BCUT2D eigenvalue weighted by Crippen LogP contribution is 2.30. The number of amides is 2. The van der Waals surface area contributed by atoms with Crippen LogP contribution in [-0.4, -0.2) is 27.1 Å². The normalized spacial score (nSPS) is 11.4. The summed E-state index contributed by atoms with van der Waals surface area (Å²) >= 11 is 0. The number of nitrogens with one attached hydrogen (secondary N) is 2. The van der Waals surface area contributed by atoms with Gasteiger partial charge in [0, 0.05) is 23.7 Å². The number of aromatic nitrogens is 3. The van der Waals surface area contributed by atoms with Gasteiger partial charge >= 0.3 is 11.8 Å². The maximum atomic E-state index is 12.9. The second-order valence-electron chi connectivity index (χ2n) is 9.11. The zero-order valence-electron chi connectivity index (χ0n) is 20.6. The van der Waals surface area contributed by atoms with Crippen LogP contribution < -0.4 is 16.4 Å². The van der Waals surface area contributed by atoms with Crippen molar-refractivity contribution in [2.45, 2.75) is 26.2 Å². The molecule has 0 saturated carbocycles. The number of nitriles is 1. The number of hydrogen-bond donors (Lipinski definition) is 2. The number of rotatable bonds is 5. The Morgan fingerprint density at radius 3 is 2.49 bits per heavy atom. The Hall–Kier alpha value is -4.97. The van der Waals surface area contributed by atoms with E-state index in [1.165, 1.54) is 4.57 Å². The fraction of sp³-hybridized carbons (Fsp3) is 0.179. The highest BCUT2D eigenvalue weighted by molar-refractivity contribution is 6.03. The largest absolute Gasteiger partial charge is 0.424 e. The van der Waals surface area contributed by atoms with Gasteiger partial charge in [-0.05, 0) is 68.3 Å². The summed E-state index contributed by atoms with van der Waals surface area (Å²) in [7, 11) is 0. The molecule has 0 aliphatic carbocycles. The molecule has 9 heteroatoms. The third-order valence-electron chi connectivity index (χ3n) is 6.21. The molecule has 0 aliphatic rings. The van der Waals surface area contributed by atoms with Crippen molar-refractivity contribution >= 4 is 33.9 Å². The van der Waals surface area contributed by atoms with E-state index in [9.17, 15) is 14.9 Å². The molecule has 0 atom stereocenters. The molecular formula is C28H24N6O3. The van der Waals surface area contributed by atoms with Gasteiger partial charge in [0.15, 0.2) is 5.58 Å². The summed E-state index contributed by atoms with van der Waals surface area (Å²) in [5.41, 5.74) is 4.21. The van der Waals surface area contributed by atoms with E-state index in [0.29, 0.717) is 34.7 Å². The predicted octanol–water partition coefficient (Wildman–Crippen LogP) is 5.14. The van der Waals surface area contributed by atoms with E-state index in [1.807, 2.05) is 69.3 Å². The monoisotopic (exact) mass is 492 g/mol. The zero-order valence-corrected chi connectivity index (χ0v) is 20.6. The Morgan fingerprint density at radius 1 is 1.05 bits per heavy atom. The second-order valence-corrected chi connectivity index (χ2v) is 9.11. The molecule has 3 aromatic heterocycles. The average Bonchev–Trinajstić information content (AvgIpc) is 3.25. The number of carbonyl (C=O) groups excluding carboxylic acids is 1. The molecule has 0 aliphatic heterocycles. The summed E-state index contributed by atoms with van der Waals surface area (Å²) in [6, 6.07) is 18.6. The first kappa shape index (κ1) is 23.8. The first-order chi connectivity index (χ1) is 17.8. The highest BCUT2D eigenvalue weighted by atomic mass is 16.4. The van der Waals surface area contributed by atoms with Gasteiger partial charge < -0.3 is 9.73 Å². The van der Waals surface area contributed by atoms with Crippen molar-refractivity contribution in [2.75, 3.05) is 11.9 Å². The van der Waals surface area contributed by atoms with Crippen LogP contribution in [0.25, 0.3) is 38.8 Å². The Balaban J connectivity index is 1.59. The smallest absolute Gasteiger partial charge is 0.406 e. The molecule has 0 radical (unpaired) electrons. The standard InChI is InChI=1S/C28H24N6O3/c1-4-30-26(35)33-24-12-6-18(14-32-24)17-5-11-22-21(13-17)25-23(15-31-22)37-27(36)34(25)20-9-7-19(8-10-20)28(2,3)16-29/h5-15H,4H2,1-3H3,(H2,30,32,33,35). The van der Waals surface area contributed by atoms with Crippen LogP contribution in [0.1, 0.15) is 26.3 Å². The summed E-state index contributed by atoms with van der Waals surface area (Å²) in [5, 5.41) is 15.5. The molecule has 5 aromatic rings. The molecule has 0 unspecified atom stereocenters. The van der Waals surface area contributed by atoms with Crippen LogP contribution in [0.3, 0.4) is 0 Å². The van der Waals surface area contributed by atoms with Crippen molar-refractivity contribution in [3.05, 3.63) is 83.1 Å². The lowest BCUT2D eigenvalue weighted by molar-refractivity contribution is 0.252. The predicted molar refractivity (Wildman–Crippen MR) is 142 cm³/mol. The van der Waals surface area contributed by atoms with Crippen molar-refractivity contribution < 1.29 is 9.21 Å². The number of pyridine rings is 2. The molecule has 5 rings (SSSR count). The SMILES string of the molecule is CCNC(=O)Nc1ccc(-c2ccc3ncc4oc(=O)n(-c5ccc(C(C)(C)C#N)cc5)c4c3c2)cn1. The molecule has 9 nitrogen and oxygen atoms in total. The van der Waals surface area contributed by atoms with Crippen LogP contribution in [-0.2, 0) is 5.41 Å². The van der Waals surface area contributed by atoms with Gasteiger partial charge in [0.1, 0.15) is 11.3 Å². The van der Waals surface area contributed by atoms with Crippen molar-refractivity contribution in [2.24, 2.45) is 0 Å². The fourth-order valence-corrected chi connectivity index (χ4v) is 4.16. The molecule has 2 amide bonds. The van der Waals surface area contributed by atoms with Crippen LogP contribution in [0.5, 0.6) is 0 Å². The van der Waals surface area contributed by atoms with Crippen LogP contribution in [0.2, 0.25) is 0 Å². The number of urea groups is 1. The van der Waals surface area contributed by atoms with Crippen LogP contribution in [0.4, 0.5) is 10.6 Å². The Morgan fingerprint density at radius 2 is 1.81 bits per heavy atom. The third kappa shape index (κ3) is 4.41. The number of oxazole rings is 1. The minimum absolute atomic E-state index is 0.316. The topological polar surface area (TPSA) is 126 Å². The first-order valence-electron chi connectivity index (χ1n) is 11.8. The van der Waals surface area contributed by atoms with Gasteiger partial charge in [0.25, 0.3) is 0 Å². The molecule has 0 fully saturated rings. The summed E-state index contributed by atoms with van der Waals surface area (Å²) in [6.45, 7) is 6.05. The number of benzene rings is 2. The van der Waals surface area contributed by atoms with E-state index in [-0.39, 0.29) is 6.03 Å². The van der Waals surface area contributed by atoms with E-state index in [0.717, 1.165) is 22.1 Å².